The molecule has 5 heteroatoms. The van der Waals surface area contributed by atoms with Crippen LogP contribution in [0.3, 0.4) is 0 Å². The second-order valence-electron chi connectivity index (χ2n) is 4.63. The molecular formula is C12H18ClN3O. The van der Waals surface area contributed by atoms with Gasteiger partial charge in [0.05, 0.1) is 16.4 Å². The monoisotopic (exact) mass is 255 g/mol. The first-order valence-electron chi connectivity index (χ1n) is 6.07. The van der Waals surface area contributed by atoms with Crippen LogP contribution in [0.4, 0.5) is 0 Å². The molecule has 1 fully saturated rings. The number of rotatable bonds is 5. The number of carbonyl (C=O) groups excluding carboxylic acids is 1. The van der Waals surface area contributed by atoms with E-state index in [1.165, 1.54) is 0 Å². The zero-order valence-electron chi connectivity index (χ0n) is 10.3. The molecule has 0 bridgehead atoms. The van der Waals surface area contributed by atoms with E-state index in [4.69, 9.17) is 11.6 Å². The van der Waals surface area contributed by atoms with Crippen molar-refractivity contribution >= 4 is 17.5 Å². The molecular weight excluding hydrogens is 238 g/mol. The highest BCUT2D eigenvalue weighted by atomic mass is 35.5. The summed E-state index contributed by atoms with van der Waals surface area (Å²) in [5.41, 5.74) is 1.86. The molecule has 0 atom stereocenters. The van der Waals surface area contributed by atoms with Crippen LogP contribution >= 0.6 is 11.6 Å². The van der Waals surface area contributed by atoms with Crippen LogP contribution in [0.25, 0.3) is 0 Å². The number of nitrogens with zero attached hydrogens (tertiary/aromatic N) is 2. The van der Waals surface area contributed by atoms with Crippen LogP contribution < -0.4 is 5.32 Å². The lowest BCUT2D eigenvalue weighted by atomic mass is 10.3. The van der Waals surface area contributed by atoms with E-state index in [2.05, 4.69) is 10.4 Å². The van der Waals surface area contributed by atoms with Gasteiger partial charge in [0.1, 0.15) is 0 Å². The normalized spacial score (nSPS) is 15.0. The summed E-state index contributed by atoms with van der Waals surface area (Å²) in [6.07, 6.45) is 2.99. The Bertz CT molecular complexity index is 424. The second-order valence-corrected chi connectivity index (χ2v) is 5.00. The lowest BCUT2D eigenvalue weighted by molar-refractivity contribution is -0.122. The largest absolute Gasteiger partial charge is 0.356 e. The maximum atomic E-state index is 11.4. The number of halogens is 1. The second kappa shape index (κ2) is 5.08. The zero-order chi connectivity index (χ0) is 12.4. The van der Waals surface area contributed by atoms with E-state index in [1.54, 1.807) is 0 Å². The third-order valence-corrected chi connectivity index (χ3v) is 3.63. The topological polar surface area (TPSA) is 46.9 Å². The Balaban J connectivity index is 1.74. The average Bonchev–Trinajstić information content (AvgIpc) is 3.11. The first-order valence-corrected chi connectivity index (χ1v) is 6.44. The molecule has 1 N–H and O–H groups in total. The van der Waals surface area contributed by atoms with Gasteiger partial charge in [-0.25, -0.2) is 0 Å². The molecule has 0 radical (unpaired) electrons. The summed E-state index contributed by atoms with van der Waals surface area (Å²) < 4.78 is 1.90. The molecule has 1 aromatic heterocycles. The summed E-state index contributed by atoms with van der Waals surface area (Å²) in [5.74, 6) is 0.495. The molecule has 0 spiro atoms. The molecule has 2 rings (SSSR count). The van der Waals surface area contributed by atoms with Crippen molar-refractivity contribution in [2.24, 2.45) is 5.92 Å². The van der Waals surface area contributed by atoms with Gasteiger partial charge in [-0.3, -0.25) is 9.48 Å². The SMILES string of the molecule is Cc1nn(CCCNC(=O)C2CC2)c(C)c1Cl. The van der Waals surface area contributed by atoms with Crippen molar-refractivity contribution in [1.82, 2.24) is 15.1 Å². The van der Waals surface area contributed by atoms with E-state index in [9.17, 15) is 4.79 Å². The van der Waals surface area contributed by atoms with Gasteiger partial charge in [0.15, 0.2) is 0 Å². The number of carbonyl (C=O) groups is 1. The fraction of sp³-hybridized carbons (Fsp3) is 0.667. The fourth-order valence-electron chi connectivity index (χ4n) is 1.82. The predicted octanol–water partition coefficient (Wildman–Crippen LogP) is 2.07. The van der Waals surface area contributed by atoms with Gasteiger partial charge in [-0.05, 0) is 33.1 Å². The molecule has 1 aliphatic rings. The first kappa shape index (κ1) is 12.4. The summed E-state index contributed by atoms with van der Waals surface area (Å²) >= 11 is 6.06. The van der Waals surface area contributed by atoms with Gasteiger partial charge in [-0.15, -0.1) is 0 Å². The summed E-state index contributed by atoms with van der Waals surface area (Å²) in [6.45, 7) is 5.38. The van der Waals surface area contributed by atoms with Crippen molar-refractivity contribution in [2.75, 3.05) is 6.54 Å². The number of aromatic nitrogens is 2. The Morgan fingerprint density at radius 2 is 2.24 bits per heavy atom. The number of hydrogen-bond acceptors (Lipinski definition) is 2. The third kappa shape index (κ3) is 3.00. The van der Waals surface area contributed by atoms with Crippen molar-refractivity contribution in [3.63, 3.8) is 0 Å². The van der Waals surface area contributed by atoms with E-state index in [0.29, 0.717) is 6.54 Å². The minimum Gasteiger partial charge on any atom is -0.356 e. The summed E-state index contributed by atoms with van der Waals surface area (Å²) in [6, 6.07) is 0. The molecule has 0 aliphatic heterocycles. The third-order valence-electron chi connectivity index (χ3n) is 3.09. The van der Waals surface area contributed by atoms with Gasteiger partial charge >= 0.3 is 0 Å². The van der Waals surface area contributed by atoms with E-state index in [0.717, 1.165) is 42.2 Å². The minimum atomic E-state index is 0.205. The predicted molar refractivity (Wildman–Crippen MR) is 67.1 cm³/mol. The number of amides is 1. The Labute approximate surface area is 106 Å². The van der Waals surface area contributed by atoms with Crippen molar-refractivity contribution in [3.05, 3.63) is 16.4 Å². The number of aryl methyl sites for hydroxylation is 2. The highest BCUT2D eigenvalue weighted by molar-refractivity contribution is 6.31. The average molecular weight is 256 g/mol. The van der Waals surface area contributed by atoms with Crippen LogP contribution in [0, 0.1) is 19.8 Å². The molecule has 0 aromatic carbocycles. The molecule has 4 nitrogen and oxygen atoms in total. The van der Waals surface area contributed by atoms with Crippen LogP contribution in [-0.2, 0) is 11.3 Å². The van der Waals surface area contributed by atoms with Crippen LogP contribution in [0.15, 0.2) is 0 Å². The Kier molecular flexibility index (Phi) is 3.72. The maximum absolute atomic E-state index is 11.4. The van der Waals surface area contributed by atoms with Crippen molar-refractivity contribution in [3.8, 4) is 0 Å². The highest BCUT2D eigenvalue weighted by Crippen LogP contribution is 2.28. The molecule has 1 heterocycles. The summed E-state index contributed by atoms with van der Waals surface area (Å²) in [5, 5.41) is 8.03. The van der Waals surface area contributed by atoms with Gasteiger partial charge in [0.25, 0.3) is 0 Å². The van der Waals surface area contributed by atoms with Crippen molar-refractivity contribution in [1.29, 1.82) is 0 Å². The quantitative estimate of drug-likeness (QED) is 0.819. The van der Waals surface area contributed by atoms with Crippen LogP contribution in [0.2, 0.25) is 5.02 Å². The Morgan fingerprint density at radius 1 is 1.53 bits per heavy atom. The van der Waals surface area contributed by atoms with Gasteiger partial charge < -0.3 is 5.32 Å². The standard InChI is InChI=1S/C12H18ClN3O/c1-8-11(13)9(2)16(15-8)7-3-6-14-12(17)10-4-5-10/h10H,3-7H2,1-2H3,(H,14,17). The Morgan fingerprint density at radius 3 is 2.76 bits per heavy atom. The maximum Gasteiger partial charge on any atom is 0.223 e. The highest BCUT2D eigenvalue weighted by Gasteiger charge is 2.28. The lowest BCUT2D eigenvalue weighted by Crippen LogP contribution is -2.26. The molecule has 1 aromatic rings. The van der Waals surface area contributed by atoms with E-state index >= 15 is 0 Å². The molecule has 1 amide bonds. The smallest absolute Gasteiger partial charge is 0.223 e. The first-order chi connectivity index (χ1) is 8.09. The van der Waals surface area contributed by atoms with E-state index in [-0.39, 0.29) is 11.8 Å². The van der Waals surface area contributed by atoms with Crippen LogP contribution in [-0.4, -0.2) is 22.2 Å². The van der Waals surface area contributed by atoms with Gasteiger partial charge in [0, 0.05) is 19.0 Å². The van der Waals surface area contributed by atoms with Crippen LogP contribution in [0.5, 0.6) is 0 Å². The van der Waals surface area contributed by atoms with Gasteiger partial charge in [0.2, 0.25) is 5.91 Å². The van der Waals surface area contributed by atoms with Crippen molar-refractivity contribution in [2.45, 2.75) is 39.7 Å². The van der Waals surface area contributed by atoms with Crippen LogP contribution in [0.1, 0.15) is 30.7 Å². The summed E-state index contributed by atoms with van der Waals surface area (Å²) in [4.78, 5) is 11.4. The lowest BCUT2D eigenvalue weighted by Gasteiger charge is -2.06. The molecule has 0 saturated heterocycles. The molecule has 1 saturated carbocycles. The fourth-order valence-corrected chi connectivity index (χ4v) is 1.96. The van der Waals surface area contributed by atoms with Gasteiger partial charge in [-0.1, -0.05) is 11.6 Å². The minimum absolute atomic E-state index is 0.205. The zero-order valence-corrected chi connectivity index (χ0v) is 11.0. The summed E-state index contributed by atoms with van der Waals surface area (Å²) in [7, 11) is 0. The molecule has 17 heavy (non-hydrogen) atoms. The van der Waals surface area contributed by atoms with E-state index in [1.807, 2.05) is 18.5 Å². The molecule has 94 valence electrons. The Hall–Kier alpha value is -1.03. The number of nitrogens with one attached hydrogen (secondary N) is 1. The molecule has 0 unspecified atom stereocenters. The van der Waals surface area contributed by atoms with Crippen molar-refractivity contribution < 1.29 is 4.79 Å². The van der Waals surface area contributed by atoms with Gasteiger partial charge in [-0.2, -0.15) is 5.10 Å². The molecule has 1 aliphatic carbocycles. The number of hydrogen-bond donors (Lipinski definition) is 1. The van der Waals surface area contributed by atoms with E-state index < -0.39 is 0 Å².